The van der Waals surface area contributed by atoms with Gasteiger partial charge in [0.15, 0.2) is 0 Å². The highest BCUT2D eigenvalue weighted by molar-refractivity contribution is 7.27. The standard InChI is InChI=1S/C12H13ClN4S2/c1-2-17-12(7(13)6-15-17)11(16-14)10-5-9-8(19-10)3-4-18-9/h3-6,11,16H,2,14H2,1H3. The molecule has 1 atom stereocenters. The van der Waals surface area contributed by atoms with Crippen LogP contribution in [-0.2, 0) is 6.54 Å². The van der Waals surface area contributed by atoms with Gasteiger partial charge in [-0.05, 0) is 24.4 Å². The summed E-state index contributed by atoms with van der Waals surface area (Å²) in [5, 5.41) is 7.00. The molecule has 0 aliphatic carbocycles. The first-order chi connectivity index (χ1) is 9.24. The van der Waals surface area contributed by atoms with Gasteiger partial charge < -0.3 is 0 Å². The molecule has 0 saturated heterocycles. The minimum absolute atomic E-state index is 0.125. The molecular weight excluding hydrogens is 300 g/mol. The van der Waals surface area contributed by atoms with Gasteiger partial charge >= 0.3 is 0 Å². The molecule has 0 bridgehead atoms. The van der Waals surface area contributed by atoms with E-state index in [1.807, 2.05) is 11.6 Å². The van der Waals surface area contributed by atoms with E-state index in [1.54, 1.807) is 28.9 Å². The molecule has 0 amide bonds. The largest absolute Gasteiger partial charge is 0.270 e. The van der Waals surface area contributed by atoms with Crippen LogP contribution in [0.4, 0.5) is 0 Å². The molecule has 0 radical (unpaired) electrons. The van der Waals surface area contributed by atoms with Crippen molar-refractivity contribution in [2.45, 2.75) is 19.5 Å². The molecule has 3 N–H and O–H groups in total. The number of hydrogen-bond donors (Lipinski definition) is 2. The third kappa shape index (κ3) is 2.19. The normalized spacial score (nSPS) is 13.2. The number of fused-ring (bicyclic) bond motifs is 1. The first-order valence-corrected chi connectivity index (χ1v) is 7.96. The van der Waals surface area contributed by atoms with E-state index in [-0.39, 0.29) is 6.04 Å². The number of thiophene rings is 2. The second-order valence-corrected chi connectivity index (χ2v) is 6.56. The Morgan fingerprint density at radius 2 is 2.37 bits per heavy atom. The number of aryl methyl sites for hydroxylation is 1. The molecule has 0 aromatic carbocycles. The molecule has 3 heterocycles. The van der Waals surface area contributed by atoms with E-state index in [9.17, 15) is 0 Å². The Bertz CT molecular complexity index is 671. The maximum atomic E-state index is 6.25. The first-order valence-electron chi connectivity index (χ1n) is 5.88. The fourth-order valence-electron chi connectivity index (χ4n) is 2.13. The van der Waals surface area contributed by atoms with Crippen molar-refractivity contribution >= 4 is 43.7 Å². The Labute approximate surface area is 123 Å². The summed E-state index contributed by atoms with van der Waals surface area (Å²) in [6.07, 6.45) is 1.67. The molecule has 3 aromatic heterocycles. The molecule has 0 aliphatic heterocycles. The Balaban J connectivity index is 2.09. The van der Waals surface area contributed by atoms with Gasteiger partial charge in [-0.25, -0.2) is 5.43 Å². The van der Waals surface area contributed by atoms with Gasteiger partial charge in [-0.1, -0.05) is 11.6 Å². The van der Waals surface area contributed by atoms with E-state index < -0.39 is 0 Å². The topological polar surface area (TPSA) is 55.9 Å². The highest BCUT2D eigenvalue weighted by Gasteiger charge is 2.22. The molecular formula is C12H13ClN4S2. The first kappa shape index (κ1) is 13.1. The summed E-state index contributed by atoms with van der Waals surface area (Å²) >= 11 is 9.71. The molecule has 19 heavy (non-hydrogen) atoms. The lowest BCUT2D eigenvalue weighted by Gasteiger charge is -2.16. The zero-order valence-corrected chi connectivity index (χ0v) is 12.6. The molecule has 1 unspecified atom stereocenters. The van der Waals surface area contributed by atoms with Crippen LogP contribution in [0.3, 0.4) is 0 Å². The summed E-state index contributed by atoms with van der Waals surface area (Å²) in [4.78, 5) is 1.15. The predicted octanol–water partition coefficient (Wildman–Crippen LogP) is 3.39. The highest BCUT2D eigenvalue weighted by atomic mass is 35.5. The third-order valence-corrected chi connectivity index (χ3v) is 5.47. The smallest absolute Gasteiger partial charge is 0.0985 e. The Morgan fingerprint density at radius 1 is 1.53 bits per heavy atom. The molecule has 4 nitrogen and oxygen atoms in total. The van der Waals surface area contributed by atoms with Crippen LogP contribution in [-0.4, -0.2) is 9.78 Å². The number of hydrazine groups is 1. The fraction of sp³-hybridized carbons (Fsp3) is 0.250. The zero-order chi connectivity index (χ0) is 13.4. The van der Waals surface area contributed by atoms with Crippen LogP contribution in [0.1, 0.15) is 23.5 Å². The van der Waals surface area contributed by atoms with Crippen LogP contribution in [0.15, 0.2) is 23.7 Å². The van der Waals surface area contributed by atoms with Gasteiger partial charge in [-0.3, -0.25) is 10.5 Å². The maximum absolute atomic E-state index is 6.25. The van der Waals surface area contributed by atoms with E-state index >= 15 is 0 Å². The molecule has 3 aromatic rings. The summed E-state index contributed by atoms with van der Waals surface area (Å²) < 4.78 is 4.43. The van der Waals surface area contributed by atoms with E-state index in [1.165, 1.54) is 9.40 Å². The van der Waals surface area contributed by atoms with Crippen molar-refractivity contribution in [2.24, 2.45) is 5.84 Å². The minimum atomic E-state index is -0.125. The van der Waals surface area contributed by atoms with Crippen molar-refractivity contribution in [3.8, 4) is 0 Å². The molecule has 3 rings (SSSR count). The van der Waals surface area contributed by atoms with Gasteiger partial charge in [0.1, 0.15) is 0 Å². The maximum Gasteiger partial charge on any atom is 0.0985 e. The number of nitrogens with one attached hydrogen (secondary N) is 1. The van der Waals surface area contributed by atoms with Crippen LogP contribution >= 0.6 is 34.3 Å². The average Bonchev–Trinajstić information content (AvgIpc) is 3.06. The lowest BCUT2D eigenvalue weighted by atomic mass is 10.2. The highest BCUT2D eigenvalue weighted by Crippen LogP contribution is 2.37. The lowest BCUT2D eigenvalue weighted by molar-refractivity contribution is 0.548. The van der Waals surface area contributed by atoms with Crippen LogP contribution in [0.2, 0.25) is 5.02 Å². The molecule has 0 fully saturated rings. The number of aromatic nitrogens is 2. The second kappa shape index (κ2) is 5.22. The van der Waals surface area contributed by atoms with Gasteiger partial charge in [0.05, 0.1) is 23.0 Å². The van der Waals surface area contributed by atoms with Gasteiger partial charge in [-0.2, -0.15) is 5.10 Å². The van der Waals surface area contributed by atoms with E-state index in [0.717, 1.165) is 17.1 Å². The van der Waals surface area contributed by atoms with Crippen molar-refractivity contribution in [2.75, 3.05) is 0 Å². The number of nitrogens with zero attached hydrogens (tertiary/aromatic N) is 2. The fourth-order valence-corrected chi connectivity index (χ4v) is 4.57. The van der Waals surface area contributed by atoms with Crippen LogP contribution in [0.5, 0.6) is 0 Å². The molecule has 0 saturated carbocycles. The number of nitrogens with two attached hydrogens (primary N) is 1. The zero-order valence-electron chi connectivity index (χ0n) is 10.3. The Kier molecular flexibility index (Phi) is 3.60. The summed E-state index contributed by atoms with van der Waals surface area (Å²) in [6, 6.07) is 4.17. The molecule has 100 valence electrons. The average molecular weight is 313 g/mol. The van der Waals surface area contributed by atoms with Crippen molar-refractivity contribution in [1.29, 1.82) is 0 Å². The van der Waals surface area contributed by atoms with Crippen molar-refractivity contribution in [3.63, 3.8) is 0 Å². The number of hydrogen-bond acceptors (Lipinski definition) is 5. The van der Waals surface area contributed by atoms with Gasteiger partial charge in [0.2, 0.25) is 0 Å². The Morgan fingerprint density at radius 3 is 3.05 bits per heavy atom. The second-order valence-electron chi connectivity index (χ2n) is 4.09. The van der Waals surface area contributed by atoms with Gasteiger partial charge in [0.25, 0.3) is 0 Å². The Hall–Kier alpha value is -0.920. The number of halogens is 1. The van der Waals surface area contributed by atoms with Crippen molar-refractivity contribution in [1.82, 2.24) is 15.2 Å². The van der Waals surface area contributed by atoms with E-state index in [4.69, 9.17) is 17.4 Å². The quantitative estimate of drug-likeness (QED) is 0.573. The lowest BCUT2D eigenvalue weighted by Crippen LogP contribution is -2.30. The number of rotatable bonds is 4. The SMILES string of the molecule is CCn1ncc(Cl)c1C(NN)c1cc2sccc2s1. The molecule has 0 aliphatic rings. The van der Waals surface area contributed by atoms with Crippen molar-refractivity contribution in [3.05, 3.63) is 39.3 Å². The molecule has 0 spiro atoms. The monoisotopic (exact) mass is 312 g/mol. The van der Waals surface area contributed by atoms with E-state index in [0.29, 0.717) is 5.02 Å². The summed E-state index contributed by atoms with van der Waals surface area (Å²) in [6.45, 7) is 2.80. The van der Waals surface area contributed by atoms with Gasteiger partial charge in [-0.15, -0.1) is 22.7 Å². The summed E-state index contributed by atoms with van der Waals surface area (Å²) in [7, 11) is 0. The van der Waals surface area contributed by atoms with Crippen LogP contribution in [0.25, 0.3) is 9.40 Å². The summed E-state index contributed by atoms with van der Waals surface area (Å²) in [5.41, 5.74) is 3.77. The van der Waals surface area contributed by atoms with Crippen LogP contribution in [0, 0.1) is 0 Å². The minimum Gasteiger partial charge on any atom is -0.270 e. The van der Waals surface area contributed by atoms with Gasteiger partial charge in [0, 0.05) is 20.8 Å². The third-order valence-electron chi connectivity index (χ3n) is 3.02. The predicted molar refractivity (Wildman–Crippen MR) is 81.8 cm³/mol. The van der Waals surface area contributed by atoms with E-state index in [2.05, 4.69) is 28.0 Å². The van der Waals surface area contributed by atoms with Crippen molar-refractivity contribution < 1.29 is 0 Å². The molecule has 7 heteroatoms. The van der Waals surface area contributed by atoms with Crippen LogP contribution < -0.4 is 11.3 Å². The summed E-state index contributed by atoms with van der Waals surface area (Å²) in [5.74, 6) is 5.74.